The zero-order chi connectivity index (χ0) is 17.7. The maximum atomic E-state index is 13.1. The van der Waals surface area contributed by atoms with E-state index in [9.17, 15) is 8.42 Å². The quantitative estimate of drug-likeness (QED) is 0.597. The van der Waals surface area contributed by atoms with Crippen molar-refractivity contribution in [1.29, 1.82) is 0 Å². The summed E-state index contributed by atoms with van der Waals surface area (Å²) in [5, 5.41) is 13.8. The Morgan fingerprint density at radius 2 is 2.04 bits per heavy atom. The van der Waals surface area contributed by atoms with E-state index in [1.165, 1.54) is 15.6 Å². The minimum Gasteiger partial charge on any atom is -0.233 e. The molecule has 10 heteroatoms. The summed E-state index contributed by atoms with van der Waals surface area (Å²) in [6.45, 7) is 2.75. The first-order valence-electron chi connectivity index (χ1n) is 7.85. The fraction of sp³-hybridized carbons (Fsp3) is 0.333. The van der Waals surface area contributed by atoms with E-state index in [2.05, 4.69) is 27.4 Å². The van der Waals surface area contributed by atoms with Crippen LogP contribution >= 0.6 is 11.3 Å². The minimum atomic E-state index is -3.77. The van der Waals surface area contributed by atoms with Crippen molar-refractivity contribution in [3.8, 4) is 0 Å². The number of nitrogens with zero attached hydrogens (tertiary/aromatic N) is 6. The van der Waals surface area contributed by atoms with Gasteiger partial charge in [0.15, 0.2) is 11.0 Å². The lowest BCUT2D eigenvalue weighted by atomic mass is 10.3. The van der Waals surface area contributed by atoms with Gasteiger partial charge in [0.2, 0.25) is 0 Å². The summed E-state index contributed by atoms with van der Waals surface area (Å²) in [7, 11) is -3.77. The monoisotopic (exact) mass is 378 g/mol. The van der Waals surface area contributed by atoms with E-state index in [4.69, 9.17) is 0 Å². The van der Waals surface area contributed by atoms with Crippen molar-refractivity contribution in [2.24, 2.45) is 0 Å². The predicted octanol–water partition coefficient (Wildman–Crippen LogP) is 2.33. The molecule has 1 aromatic carbocycles. The Morgan fingerprint density at radius 1 is 1.24 bits per heavy atom. The molecule has 0 aliphatic rings. The molecule has 0 N–H and O–H groups in total. The summed E-state index contributed by atoms with van der Waals surface area (Å²) >= 11 is 1.26. The molecule has 25 heavy (non-hydrogen) atoms. The number of hydrogen-bond donors (Lipinski definition) is 0. The standard InChI is InChI=1S/C15H18N6O2S2/c1-2-3-10-20-14(17-18-19-20)12-21(15-16-9-11-24-15)25(22,23)13-7-5-4-6-8-13/h4-9,11H,2-3,10,12H2,1H3. The highest BCUT2D eigenvalue weighted by molar-refractivity contribution is 7.93. The number of hydrogen-bond acceptors (Lipinski definition) is 7. The number of rotatable bonds is 8. The third kappa shape index (κ3) is 3.85. The molecule has 0 unspecified atom stereocenters. The predicted molar refractivity (Wildman–Crippen MR) is 94.6 cm³/mol. The average Bonchev–Trinajstić information content (AvgIpc) is 3.30. The number of anilines is 1. The Kier molecular flexibility index (Phi) is 5.39. The molecular formula is C15H18N6O2S2. The van der Waals surface area contributed by atoms with Crippen LogP contribution in [0.15, 0.2) is 46.8 Å². The first-order chi connectivity index (χ1) is 12.1. The summed E-state index contributed by atoms with van der Waals surface area (Å²) in [5.74, 6) is 0.489. The molecule has 2 aromatic heterocycles. The Bertz CT molecular complexity index is 893. The Morgan fingerprint density at radius 3 is 2.72 bits per heavy atom. The number of thiazole rings is 1. The number of aromatic nitrogens is 5. The summed E-state index contributed by atoms with van der Waals surface area (Å²) < 4.78 is 29.1. The summed E-state index contributed by atoms with van der Waals surface area (Å²) in [6, 6.07) is 8.29. The number of aryl methyl sites for hydroxylation is 1. The molecule has 3 aromatic rings. The zero-order valence-electron chi connectivity index (χ0n) is 13.7. The van der Waals surface area contributed by atoms with Gasteiger partial charge in [0.1, 0.15) is 0 Å². The third-order valence-electron chi connectivity index (χ3n) is 3.58. The van der Waals surface area contributed by atoms with Gasteiger partial charge in [-0.3, -0.25) is 0 Å². The molecule has 0 aliphatic carbocycles. The normalized spacial score (nSPS) is 11.6. The zero-order valence-corrected chi connectivity index (χ0v) is 15.3. The van der Waals surface area contributed by atoms with Crippen molar-refractivity contribution in [3.63, 3.8) is 0 Å². The van der Waals surface area contributed by atoms with Gasteiger partial charge in [-0.25, -0.2) is 22.4 Å². The fourth-order valence-electron chi connectivity index (χ4n) is 2.26. The highest BCUT2D eigenvalue weighted by atomic mass is 32.2. The van der Waals surface area contributed by atoms with E-state index >= 15 is 0 Å². The molecule has 0 spiro atoms. The largest absolute Gasteiger partial charge is 0.266 e. The van der Waals surface area contributed by atoms with Crippen molar-refractivity contribution >= 4 is 26.5 Å². The van der Waals surface area contributed by atoms with E-state index in [1.807, 2.05) is 0 Å². The molecule has 0 saturated heterocycles. The molecule has 0 radical (unpaired) electrons. The lowest BCUT2D eigenvalue weighted by molar-refractivity contribution is 0.530. The average molecular weight is 378 g/mol. The summed E-state index contributed by atoms with van der Waals surface area (Å²) in [6.07, 6.45) is 3.49. The second-order valence-electron chi connectivity index (χ2n) is 5.31. The van der Waals surface area contributed by atoms with Crippen LogP contribution < -0.4 is 4.31 Å². The maximum absolute atomic E-state index is 13.1. The molecule has 3 rings (SSSR count). The molecule has 132 valence electrons. The topological polar surface area (TPSA) is 93.9 Å². The number of tetrazole rings is 1. The van der Waals surface area contributed by atoms with E-state index < -0.39 is 10.0 Å². The molecule has 0 bridgehead atoms. The van der Waals surface area contributed by atoms with Crippen molar-refractivity contribution in [2.45, 2.75) is 37.8 Å². The first-order valence-corrected chi connectivity index (χ1v) is 10.2. The van der Waals surface area contributed by atoms with E-state index in [-0.39, 0.29) is 11.4 Å². The second kappa shape index (κ2) is 7.70. The van der Waals surface area contributed by atoms with Crippen LogP contribution in [0.25, 0.3) is 0 Å². The van der Waals surface area contributed by atoms with Gasteiger partial charge >= 0.3 is 0 Å². The molecule has 0 fully saturated rings. The molecule has 0 saturated carbocycles. The first kappa shape index (κ1) is 17.5. The Labute approximate surface area is 150 Å². The van der Waals surface area contributed by atoms with Crippen LogP contribution in [0.5, 0.6) is 0 Å². The van der Waals surface area contributed by atoms with Gasteiger partial charge in [0.05, 0.1) is 11.4 Å². The van der Waals surface area contributed by atoms with Crippen molar-refractivity contribution in [1.82, 2.24) is 25.2 Å². The molecule has 0 amide bonds. The van der Waals surface area contributed by atoms with Gasteiger partial charge in [0.25, 0.3) is 10.0 Å². The van der Waals surface area contributed by atoms with E-state index in [1.54, 1.807) is 46.6 Å². The van der Waals surface area contributed by atoms with Crippen LogP contribution in [0.4, 0.5) is 5.13 Å². The Balaban J connectivity index is 1.96. The summed E-state index contributed by atoms with van der Waals surface area (Å²) in [5.41, 5.74) is 0. The number of benzene rings is 1. The third-order valence-corrected chi connectivity index (χ3v) is 6.24. The van der Waals surface area contributed by atoms with Gasteiger partial charge in [-0.2, -0.15) is 0 Å². The molecule has 0 atom stereocenters. The SMILES string of the molecule is CCCCn1nnnc1CN(c1nccs1)S(=O)(=O)c1ccccc1. The molecule has 0 aliphatic heterocycles. The maximum Gasteiger partial charge on any atom is 0.266 e. The Hall–Kier alpha value is -2.33. The lowest BCUT2D eigenvalue weighted by Crippen LogP contribution is -2.32. The van der Waals surface area contributed by atoms with Crippen molar-refractivity contribution in [2.75, 3.05) is 4.31 Å². The number of sulfonamides is 1. The highest BCUT2D eigenvalue weighted by Gasteiger charge is 2.28. The number of unbranched alkanes of at least 4 members (excludes halogenated alkanes) is 1. The lowest BCUT2D eigenvalue weighted by Gasteiger charge is -2.21. The molecular weight excluding hydrogens is 360 g/mol. The van der Waals surface area contributed by atoms with Crippen LogP contribution in [-0.4, -0.2) is 33.6 Å². The van der Waals surface area contributed by atoms with Crippen LogP contribution in [0.1, 0.15) is 25.6 Å². The van der Waals surface area contributed by atoms with E-state index in [0.717, 1.165) is 12.8 Å². The van der Waals surface area contributed by atoms with Gasteiger partial charge in [-0.1, -0.05) is 31.5 Å². The second-order valence-corrected chi connectivity index (χ2v) is 8.05. The van der Waals surface area contributed by atoms with Crippen LogP contribution in [0.2, 0.25) is 0 Å². The summed E-state index contributed by atoms with van der Waals surface area (Å²) in [4.78, 5) is 4.37. The van der Waals surface area contributed by atoms with Gasteiger partial charge in [-0.05, 0) is 29.0 Å². The van der Waals surface area contributed by atoms with Gasteiger partial charge < -0.3 is 0 Å². The van der Waals surface area contributed by atoms with Crippen LogP contribution in [0.3, 0.4) is 0 Å². The van der Waals surface area contributed by atoms with Crippen molar-refractivity contribution in [3.05, 3.63) is 47.7 Å². The van der Waals surface area contributed by atoms with Gasteiger partial charge in [0, 0.05) is 18.1 Å². The highest BCUT2D eigenvalue weighted by Crippen LogP contribution is 2.27. The smallest absolute Gasteiger partial charge is 0.233 e. The van der Waals surface area contributed by atoms with Crippen LogP contribution in [-0.2, 0) is 23.1 Å². The minimum absolute atomic E-state index is 0.0292. The molecule has 8 nitrogen and oxygen atoms in total. The van der Waals surface area contributed by atoms with Gasteiger partial charge in [-0.15, -0.1) is 16.4 Å². The van der Waals surface area contributed by atoms with Crippen LogP contribution in [0, 0.1) is 0 Å². The van der Waals surface area contributed by atoms with E-state index in [0.29, 0.717) is 17.5 Å². The van der Waals surface area contributed by atoms with Crippen molar-refractivity contribution < 1.29 is 8.42 Å². The molecule has 2 heterocycles. The fourth-order valence-corrected chi connectivity index (χ4v) is 4.53.